The van der Waals surface area contributed by atoms with Gasteiger partial charge in [0.15, 0.2) is 6.61 Å². The Bertz CT molecular complexity index is 993. The Balaban J connectivity index is 2.11. The normalized spacial score (nSPS) is 10.6. The van der Waals surface area contributed by atoms with Crippen LogP contribution in [0.3, 0.4) is 0 Å². The number of ether oxygens (including phenoxy) is 2. The second-order valence-corrected chi connectivity index (χ2v) is 5.36. The number of hydrogen-bond acceptors (Lipinski definition) is 5. The quantitative estimate of drug-likeness (QED) is 0.765. The Labute approximate surface area is 143 Å². The third-order valence-corrected chi connectivity index (χ3v) is 3.70. The van der Waals surface area contributed by atoms with E-state index in [9.17, 15) is 9.59 Å². The smallest absolute Gasteiger partial charge is 0.341 e. The topological polar surface area (TPSA) is 90.7 Å². The molecule has 0 saturated heterocycles. The predicted octanol–water partition coefficient (Wildman–Crippen LogP) is 2.17. The molecule has 128 valence electrons. The molecule has 0 saturated carbocycles. The molecule has 0 fully saturated rings. The van der Waals surface area contributed by atoms with E-state index in [1.54, 1.807) is 50.4 Å². The standard InChI is InChI=1S/C18H16N2O5/c1-11-19-16-8-7-14(25-10-17(21)22)9-15(16)18(23)20(11)12-3-5-13(24-2)6-4-12/h3-9H,10H2,1-2H3,(H,21,22). The minimum atomic E-state index is -1.09. The van der Waals surface area contributed by atoms with Gasteiger partial charge >= 0.3 is 5.97 Å². The van der Waals surface area contributed by atoms with Gasteiger partial charge in [-0.2, -0.15) is 0 Å². The van der Waals surface area contributed by atoms with E-state index in [1.807, 2.05) is 0 Å². The molecule has 0 unspecified atom stereocenters. The molecule has 0 spiro atoms. The first-order valence-electron chi connectivity index (χ1n) is 7.52. The van der Waals surface area contributed by atoms with Crippen LogP contribution in [0, 0.1) is 6.92 Å². The first-order chi connectivity index (χ1) is 12.0. The average molecular weight is 340 g/mol. The Hall–Kier alpha value is -3.35. The summed E-state index contributed by atoms with van der Waals surface area (Å²) in [6, 6.07) is 11.8. The summed E-state index contributed by atoms with van der Waals surface area (Å²) < 4.78 is 11.8. The average Bonchev–Trinajstić information content (AvgIpc) is 2.60. The summed E-state index contributed by atoms with van der Waals surface area (Å²) in [5.41, 5.74) is 0.929. The van der Waals surface area contributed by atoms with Gasteiger partial charge in [0, 0.05) is 0 Å². The summed E-state index contributed by atoms with van der Waals surface area (Å²) >= 11 is 0. The summed E-state index contributed by atoms with van der Waals surface area (Å²) in [5.74, 6) is 0.450. The molecule has 7 nitrogen and oxygen atoms in total. The number of aryl methyl sites for hydroxylation is 1. The number of methoxy groups -OCH3 is 1. The van der Waals surface area contributed by atoms with Crippen LogP contribution in [-0.4, -0.2) is 34.3 Å². The zero-order chi connectivity index (χ0) is 18.0. The first kappa shape index (κ1) is 16.5. The van der Waals surface area contributed by atoms with Crippen molar-refractivity contribution >= 4 is 16.9 Å². The van der Waals surface area contributed by atoms with Crippen LogP contribution in [-0.2, 0) is 4.79 Å². The number of carboxylic acid groups (broad SMARTS) is 1. The fraction of sp³-hybridized carbons (Fsp3) is 0.167. The monoisotopic (exact) mass is 340 g/mol. The second kappa shape index (κ2) is 6.64. The molecule has 0 bridgehead atoms. The van der Waals surface area contributed by atoms with Crippen molar-refractivity contribution in [1.82, 2.24) is 9.55 Å². The maximum absolute atomic E-state index is 12.9. The van der Waals surface area contributed by atoms with E-state index in [0.717, 1.165) is 0 Å². The third kappa shape index (κ3) is 3.30. The van der Waals surface area contributed by atoms with E-state index >= 15 is 0 Å². The molecular formula is C18H16N2O5. The summed E-state index contributed by atoms with van der Waals surface area (Å²) in [5, 5.41) is 9.05. The van der Waals surface area contributed by atoms with Crippen molar-refractivity contribution in [3.63, 3.8) is 0 Å². The van der Waals surface area contributed by atoms with Crippen LogP contribution in [0.25, 0.3) is 16.6 Å². The molecule has 3 aromatic rings. The van der Waals surface area contributed by atoms with Crippen molar-refractivity contribution in [3.05, 3.63) is 58.6 Å². The highest BCUT2D eigenvalue weighted by molar-refractivity contribution is 5.80. The highest BCUT2D eigenvalue weighted by Crippen LogP contribution is 2.20. The Morgan fingerprint density at radius 1 is 1.16 bits per heavy atom. The zero-order valence-corrected chi connectivity index (χ0v) is 13.7. The molecule has 1 aromatic heterocycles. The minimum Gasteiger partial charge on any atom is -0.497 e. The second-order valence-electron chi connectivity index (χ2n) is 5.36. The number of carboxylic acids is 1. The van der Waals surface area contributed by atoms with E-state index in [4.69, 9.17) is 14.6 Å². The Morgan fingerprint density at radius 2 is 1.84 bits per heavy atom. The van der Waals surface area contributed by atoms with Gasteiger partial charge in [-0.3, -0.25) is 9.36 Å². The fourth-order valence-corrected chi connectivity index (χ4v) is 2.55. The number of carbonyl (C=O) groups is 1. The zero-order valence-electron chi connectivity index (χ0n) is 13.7. The lowest BCUT2D eigenvalue weighted by Crippen LogP contribution is -2.22. The maximum atomic E-state index is 12.9. The minimum absolute atomic E-state index is 0.256. The molecule has 0 radical (unpaired) electrons. The Morgan fingerprint density at radius 3 is 2.48 bits per heavy atom. The van der Waals surface area contributed by atoms with Crippen molar-refractivity contribution in [1.29, 1.82) is 0 Å². The van der Waals surface area contributed by atoms with Crippen molar-refractivity contribution in [2.45, 2.75) is 6.92 Å². The highest BCUT2D eigenvalue weighted by atomic mass is 16.5. The van der Waals surface area contributed by atoms with Gasteiger partial charge in [0.05, 0.1) is 23.7 Å². The lowest BCUT2D eigenvalue weighted by Gasteiger charge is -2.12. The van der Waals surface area contributed by atoms with Crippen LogP contribution < -0.4 is 15.0 Å². The van der Waals surface area contributed by atoms with E-state index in [2.05, 4.69) is 4.98 Å². The van der Waals surface area contributed by atoms with Gasteiger partial charge in [0.2, 0.25) is 0 Å². The van der Waals surface area contributed by atoms with Crippen molar-refractivity contribution in [2.24, 2.45) is 0 Å². The first-order valence-corrected chi connectivity index (χ1v) is 7.52. The number of nitrogens with zero attached hydrogens (tertiary/aromatic N) is 2. The highest BCUT2D eigenvalue weighted by Gasteiger charge is 2.11. The number of benzene rings is 2. The number of fused-ring (bicyclic) bond motifs is 1. The van der Waals surface area contributed by atoms with Gasteiger partial charge in [0.25, 0.3) is 5.56 Å². The van der Waals surface area contributed by atoms with Crippen LogP contribution in [0.5, 0.6) is 11.5 Å². The molecule has 2 aromatic carbocycles. The van der Waals surface area contributed by atoms with Gasteiger partial charge in [-0.1, -0.05) is 0 Å². The van der Waals surface area contributed by atoms with E-state index in [1.165, 1.54) is 10.6 Å². The van der Waals surface area contributed by atoms with Gasteiger partial charge in [-0.15, -0.1) is 0 Å². The van der Waals surface area contributed by atoms with Gasteiger partial charge in [-0.05, 0) is 49.4 Å². The Kier molecular flexibility index (Phi) is 4.38. The largest absolute Gasteiger partial charge is 0.497 e. The molecule has 0 aliphatic rings. The number of hydrogen-bond donors (Lipinski definition) is 1. The summed E-state index contributed by atoms with van der Waals surface area (Å²) in [7, 11) is 1.57. The van der Waals surface area contributed by atoms with Crippen LogP contribution in [0.2, 0.25) is 0 Å². The third-order valence-electron chi connectivity index (χ3n) is 3.70. The SMILES string of the molecule is COc1ccc(-n2c(C)nc3ccc(OCC(=O)O)cc3c2=O)cc1. The van der Waals surface area contributed by atoms with Gasteiger partial charge in [0.1, 0.15) is 17.3 Å². The molecule has 0 aliphatic heterocycles. The molecule has 25 heavy (non-hydrogen) atoms. The molecule has 1 N–H and O–H groups in total. The van der Waals surface area contributed by atoms with Crippen LogP contribution in [0.1, 0.15) is 5.82 Å². The van der Waals surface area contributed by atoms with Crippen LogP contribution >= 0.6 is 0 Å². The fourth-order valence-electron chi connectivity index (χ4n) is 2.55. The molecule has 3 rings (SSSR count). The van der Waals surface area contributed by atoms with Crippen LogP contribution in [0.15, 0.2) is 47.3 Å². The number of aromatic nitrogens is 2. The molecular weight excluding hydrogens is 324 g/mol. The summed E-state index contributed by atoms with van der Waals surface area (Å²) in [6.07, 6.45) is 0. The lowest BCUT2D eigenvalue weighted by molar-refractivity contribution is -0.139. The number of aliphatic carboxylic acids is 1. The van der Waals surface area contributed by atoms with Gasteiger partial charge < -0.3 is 14.6 Å². The predicted molar refractivity (Wildman–Crippen MR) is 91.8 cm³/mol. The van der Waals surface area contributed by atoms with E-state index in [0.29, 0.717) is 33.9 Å². The van der Waals surface area contributed by atoms with Crippen molar-refractivity contribution in [3.8, 4) is 17.2 Å². The molecule has 1 heterocycles. The van der Waals surface area contributed by atoms with E-state index in [-0.39, 0.29) is 5.56 Å². The van der Waals surface area contributed by atoms with Crippen molar-refractivity contribution < 1.29 is 19.4 Å². The van der Waals surface area contributed by atoms with E-state index < -0.39 is 12.6 Å². The summed E-state index contributed by atoms with van der Waals surface area (Å²) in [6.45, 7) is 1.28. The number of rotatable bonds is 5. The molecule has 0 aliphatic carbocycles. The van der Waals surface area contributed by atoms with Crippen molar-refractivity contribution in [2.75, 3.05) is 13.7 Å². The molecule has 0 amide bonds. The molecule has 0 atom stereocenters. The van der Waals surface area contributed by atoms with Gasteiger partial charge in [-0.25, -0.2) is 9.78 Å². The lowest BCUT2D eigenvalue weighted by atomic mass is 10.2. The molecule has 7 heteroatoms. The maximum Gasteiger partial charge on any atom is 0.341 e. The van der Waals surface area contributed by atoms with Crippen LogP contribution in [0.4, 0.5) is 0 Å². The summed E-state index contributed by atoms with van der Waals surface area (Å²) in [4.78, 5) is 28.0.